The molecule has 92 valence electrons. The fourth-order valence-corrected chi connectivity index (χ4v) is 3.23. The summed E-state index contributed by atoms with van der Waals surface area (Å²) < 4.78 is 11.1. The predicted octanol–water partition coefficient (Wildman–Crippen LogP) is 1.82. The van der Waals surface area contributed by atoms with Crippen LogP contribution in [0.15, 0.2) is 0 Å². The van der Waals surface area contributed by atoms with Crippen LogP contribution in [0.1, 0.15) is 39.0 Å². The van der Waals surface area contributed by atoms with E-state index in [1.165, 1.54) is 19.3 Å². The van der Waals surface area contributed by atoms with E-state index in [0.717, 1.165) is 12.8 Å². The molecule has 1 fully saturated rings. The Bertz CT molecular complexity index is 275. The molecule has 3 nitrogen and oxygen atoms in total. The summed E-state index contributed by atoms with van der Waals surface area (Å²) in [6.45, 7) is 2.06. The van der Waals surface area contributed by atoms with Gasteiger partial charge in [-0.05, 0) is 19.8 Å². The highest BCUT2D eigenvalue weighted by molar-refractivity contribution is 7.84. The molecule has 4 atom stereocenters. The van der Waals surface area contributed by atoms with E-state index in [1.807, 2.05) is 0 Å². The summed E-state index contributed by atoms with van der Waals surface area (Å²) in [6, 6.07) is 2.95. The second-order valence-electron chi connectivity index (χ2n) is 4.79. The van der Waals surface area contributed by atoms with Crippen LogP contribution in [0.5, 0.6) is 0 Å². The lowest BCUT2D eigenvalue weighted by Crippen LogP contribution is -2.43. The molecule has 0 bridgehead atoms. The van der Waals surface area contributed by atoms with Crippen LogP contribution < -0.4 is 5.32 Å². The minimum absolute atomic E-state index is 0.134. The number of nitrogens with one attached hydrogen (secondary N) is 1. The summed E-state index contributed by atoms with van der Waals surface area (Å²) in [4.78, 5) is 0. The van der Waals surface area contributed by atoms with E-state index in [9.17, 15) is 4.21 Å². The summed E-state index contributed by atoms with van der Waals surface area (Å²) in [6.07, 6.45) is 7.44. The smallest absolute Gasteiger partial charge is 0.0672 e. The molecule has 1 aliphatic rings. The van der Waals surface area contributed by atoms with Gasteiger partial charge in [0.1, 0.15) is 0 Å². The second-order valence-corrected chi connectivity index (χ2v) is 6.27. The maximum absolute atomic E-state index is 11.1. The van der Waals surface area contributed by atoms with Crippen molar-refractivity contribution in [2.75, 3.05) is 12.0 Å². The maximum atomic E-state index is 11.1. The molecule has 4 heteroatoms. The summed E-state index contributed by atoms with van der Waals surface area (Å²) in [7, 11) is -0.763. The van der Waals surface area contributed by atoms with E-state index in [4.69, 9.17) is 5.26 Å². The Morgan fingerprint density at radius 1 is 1.44 bits per heavy atom. The molecule has 0 aromatic heterocycles. The topological polar surface area (TPSA) is 52.9 Å². The van der Waals surface area contributed by atoms with E-state index >= 15 is 0 Å². The molecule has 0 aromatic carbocycles. The molecule has 0 aromatic rings. The van der Waals surface area contributed by atoms with Crippen LogP contribution in [-0.4, -0.2) is 28.3 Å². The largest absolute Gasteiger partial charge is 0.309 e. The monoisotopic (exact) mass is 242 g/mol. The van der Waals surface area contributed by atoms with Gasteiger partial charge >= 0.3 is 0 Å². The van der Waals surface area contributed by atoms with Crippen molar-refractivity contribution in [2.24, 2.45) is 5.92 Å². The lowest BCUT2D eigenvalue weighted by Gasteiger charge is -2.24. The van der Waals surface area contributed by atoms with Gasteiger partial charge in [0.2, 0.25) is 0 Å². The highest BCUT2D eigenvalue weighted by atomic mass is 32.2. The number of nitrogens with zero attached hydrogens (tertiary/aromatic N) is 1. The van der Waals surface area contributed by atoms with E-state index in [1.54, 1.807) is 6.26 Å². The number of rotatable bonds is 4. The van der Waals surface area contributed by atoms with Gasteiger partial charge in [-0.3, -0.25) is 4.21 Å². The zero-order valence-electron chi connectivity index (χ0n) is 10.2. The number of nitriles is 1. The Morgan fingerprint density at radius 2 is 2.12 bits per heavy atom. The third-order valence-electron chi connectivity index (χ3n) is 3.17. The Morgan fingerprint density at radius 3 is 2.75 bits per heavy atom. The van der Waals surface area contributed by atoms with E-state index in [-0.39, 0.29) is 12.0 Å². The van der Waals surface area contributed by atoms with Crippen molar-refractivity contribution in [3.05, 3.63) is 0 Å². The standard InChI is InChI=1S/C12H22N2OS/c1-10(9-16(2)15)14-12-7-5-3-4-6-11(12)8-13/h10-12,14H,3-7,9H2,1-2H3. The van der Waals surface area contributed by atoms with Crippen molar-refractivity contribution in [3.63, 3.8) is 0 Å². The molecule has 0 saturated heterocycles. The van der Waals surface area contributed by atoms with E-state index in [2.05, 4.69) is 18.3 Å². The van der Waals surface area contributed by atoms with Gasteiger partial charge in [0.15, 0.2) is 0 Å². The molecule has 0 spiro atoms. The number of hydrogen-bond acceptors (Lipinski definition) is 3. The third kappa shape index (κ3) is 4.63. The zero-order chi connectivity index (χ0) is 12.0. The van der Waals surface area contributed by atoms with Crippen LogP contribution in [0, 0.1) is 17.2 Å². The lowest BCUT2D eigenvalue weighted by molar-refractivity contribution is 0.369. The van der Waals surface area contributed by atoms with E-state index in [0.29, 0.717) is 11.8 Å². The molecule has 1 aliphatic carbocycles. The summed E-state index contributed by atoms with van der Waals surface area (Å²) in [5.74, 6) is 0.810. The van der Waals surface area contributed by atoms with Crippen molar-refractivity contribution < 1.29 is 4.21 Å². The molecule has 0 aliphatic heterocycles. The first-order valence-corrected chi connectivity index (χ1v) is 7.82. The minimum Gasteiger partial charge on any atom is -0.309 e. The molecule has 0 heterocycles. The quantitative estimate of drug-likeness (QED) is 0.765. The van der Waals surface area contributed by atoms with Crippen LogP contribution in [-0.2, 0) is 10.8 Å². The third-order valence-corrected chi connectivity index (χ3v) is 4.13. The Balaban J connectivity index is 2.48. The summed E-state index contributed by atoms with van der Waals surface area (Å²) in [5, 5.41) is 12.6. The van der Waals surface area contributed by atoms with Gasteiger partial charge in [0.25, 0.3) is 0 Å². The first kappa shape index (κ1) is 13.7. The molecular formula is C12H22N2OS. The van der Waals surface area contributed by atoms with Gasteiger partial charge in [-0.25, -0.2) is 0 Å². The molecule has 1 N–H and O–H groups in total. The molecule has 16 heavy (non-hydrogen) atoms. The molecular weight excluding hydrogens is 220 g/mol. The van der Waals surface area contributed by atoms with Gasteiger partial charge in [-0.1, -0.05) is 19.3 Å². The fraction of sp³-hybridized carbons (Fsp3) is 0.917. The maximum Gasteiger partial charge on any atom is 0.0672 e. The van der Waals surface area contributed by atoms with Crippen LogP contribution in [0.25, 0.3) is 0 Å². The molecule has 0 radical (unpaired) electrons. The number of hydrogen-bond donors (Lipinski definition) is 1. The van der Waals surface area contributed by atoms with Gasteiger partial charge < -0.3 is 5.32 Å². The fourth-order valence-electron chi connectivity index (χ4n) is 2.43. The molecule has 4 unspecified atom stereocenters. The average Bonchev–Trinajstić information content (AvgIpc) is 2.41. The van der Waals surface area contributed by atoms with Crippen molar-refractivity contribution >= 4 is 10.8 Å². The highest BCUT2D eigenvalue weighted by Gasteiger charge is 2.24. The lowest BCUT2D eigenvalue weighted by atomic mass is 9.96. The van der Waals surface area contributed by atoms with Crippen LogP contribution in [0.2, 0.25) is 0 Å². The first-order valence-electron chi connectivity index (χ1n) is 6.09. The second kappa shape index (κ2) is 7.03. The SMILES string of the molecule is CC(CS(C)=O)NC1CCCCCC1C#N. The summed E-state index contributed by atoms with van der Waals surface area (Å²) >= 11 is 0. The predicted molar refractivity (Wildman–Crippen MR) is 67.5 cm³/mol. The van der Waals surface area contributed by atoms with Crippen molar-refractivity contribution in [3.8, 4) is 6.07 Å². The van der Waals surface area contributed by atoms with Gasteiger partial charge in [-0.15, -0.1) is 0 Å². The average molecular weight is 242 g/mol. The Labute approximate surface area is 101 Å². The van der Waals surface area contributed by atoms with Gasteiger partial charge in [0, 0.05) is 34.9 Å². The van der Waals surface area contributed by atoms with Crippen LogP contribution >= 0.6 is 0 Å². The van der Waals surface area contributed by atoms with Crippen LogP contribution in [0.3, 0.4) is 0 Å². The zero-order valence-corrected chi connectivity index (χ0v) is 11.1. The van der Waals surface area contributed by atoms with Crippen molar-refractivity contribution in [1.29, 1.82) is 5.26 Å². The normalized spacial score (nSPS) is 30.1. The minimum atomic E-state index is -0.763. The highest BCUT2D eigenvalue weighted by Crippen LogP contribution is 2.23. The first-order chi connectivity index (χ1) is 7.63. The summed E-state index contributed by atoms with van der Waals surface area (Å²) in [5.41, 5.74) is 0. The Hall–Kier alpha value is -0.400. The van der Waals surface area contributed by atoms with Crippen molar-refractivity contribution in [2.45, 2.75) is 51.1 Å². The van der Waals surface area contributed by atoms with Gasteiger partial charge in [-0.2, -0.15) is 5.26 Å². The van der Waals surface area contributed by atoms with Gasteiger partial charge in [0.05, 0.1) is 12.0 Å². The molecule has 0 amide bonds. The van der Waals surface area contributed by atoms with Crippen molar-refractivity contribution in [1.82, 2.24) is 5.32 Å². The molecule has 1 saturated carbocycles. The van der Waals surface area contributed by atoms with E-state index < -0.39 is 10.8 Å². The van der Waals surface area contributed by atoms with Crippen LogP contribution in [0.4, 0.5) is 0 Å². The Kier molecular flexibility index (Phi) is 6.00. The molecule has 1 rings (SSSR count).